The van der Waals surface area contributed by atoms with Gasteiger partial charge in [-0.15, -0.1) is 5.10 Å². The normalized spacial score (nSPS) is 11.8. The molecule has 0 radical (unpaired) electrons. The highest BCUT2D eigenvalue weighted by Crippen LogP contribution is 2.25. The molecule has 0 aliphatic rings. The summed E-state index contributed by atoms with van der Waals surface area (Å²) in [6, 6.07) is 4.89. The Morgan fingerprint density at radius 1 is 1.19 bits per heavy atom. The monoisotopic (exact) mass is 319 g/mol. The first kappa shape index (κ1) is 15.6. The fraction of sp³-hybridized carbons (Fsp3) is 0.417. The van der Waals surface area contributed by atoms with E-state index < -0.39 is 12.6 Å². The van der Waals surface area contributed by atoms with Crippen LogP contribution in [0.3, 0.4) is 0 Å². The summed E-state index contributed by atoms with van der Waals surface area (Å²) in [6.07, 6.45) is -4.59. The molecule has 0 unspecified atom stereocenters. The summed E-state index contributed by atoms with van der Waals surface area (Å²) in [7, 11) is 0. The largest absolute Gasteiger partial charge is 0.399 e. The maximum Gasteiger partial charge on any atom is 0.389 e. The molecule has 2 rings (SSSR count). The summed E-state index contributed by atoms with van der Waals surface area (Å²) in [6.45, 7) is 0.296. The van der Waals surface area contributed by atoms with Crippen molar-refractivity contribution in [3.8, 4) is 11.4 Å². The number of hydrogen-bond acceptors (Lipinski definition) is 4. The quantitative estimate of drug-likeness (QED) is 0.678. The van der Waals surface area contributed by atoms with Gasteiger partial charge in [-0.2, -0.15) is 13.2 Å². The van der Waals surface area contributed by atoms with Gasteiger partial charge in [0.2, 0.25) is 0 Å². The van der Waals surface area contributed by atoms with Crippen LogP contribution in [0.15, 0.2) is 18.2 Å². The molecule has 0 aliphatic heterocycles. The minimum Gasteiger partial charge on any atom is -0.399 e. The van der Waals surface area contributed by atoms with Crippen LogP contribution in [0, 0.1) is 0 Å². The summed E-state index contributed by atoms with van der Waals surface area (Å²) >= 11 is 5.91. The second kappa shape index (κ2) is 6.30. The van der Waals surface area contributed by atoms with E-state index in [9.17, 15) is 13.2 Å². The smallest absolute Gasteiger partial charge is 0.389 e. The number of nitrogens with two attached hydrogens (primary N) is 1. The van der Waals surface area contributed by atoms with Crippen LogP contribution in [0.4, 0.5) is 18.9 Å². The van der Waals surface area contributed by atoms with Gasteiger partial charge in [-0.25, -0.2) is 4.68 Å². The molecule has 2 aromatic rings. The molecule has 114 valence electrons. The van der Waals surface area contributed by atoms with E-state index in [1.807, 2.05) is 0 Å². The molecule has 0 bridgehead atoms. The number of alkyl halides is 3. The van der Waals surface area contributed by atoms with Crippen molar-refractivity contribution in [2.45, 2.75) is 32.0 Å². The lowest BCUT2D eigenvalue weighted by Gasteiger charge is -2.07. The van der Waals surface area contributed by atoms with E-state index in [0.717, 1.165) is 0 Å². The summed E-state index contributed by atoms with van der Waals surface area (Å²) in [5.41, 5.74) is 6.79. The molecule has 1 heterocycles. The standard InChI is InChI=1S/C12H13ClF3N5/c13-9-5-8(6-10(17)7-9)11-18-19-20-21(11)4-2-1-3-12(14,15)16/h5-7H,1-4,17H2. The highest BCUT2D eigenvalue weighted by Gasteiger charge is 2.25. The molecule has 1 aromatic carbocycles. The van der Waals surface area contributed by atoms with Crippen molar-refractivity contribution in [2.75, 3.05) is 5.73 Å². The van der Waals surface area contributed by atoms with E-state index in [-0.39, 0.29) is 6.42 Å². The number of rotatable bonds is 5. The number of nitrogens with zero attached hydrogens (tertiary/aromatic N) is 4. The summed E-state index contributed by atoms with van der Waals surface area (Å²) in [4.78, 5) is 0. The number of hydrogen-bond donors (Lipinski definition) is 1. The average Bonchev–Trinajstić information content (AvgIpc) is 2.80. The van der Waals surface area contributed by atoms with Crippen LogP contribution < -0.4 is 5.73 Å². The fourth-order valence-corrected chi connectivity index (χ4v) is 2.13. The minimum absolute atomic E-state index is 0.0283. The zero-order chi connectivity index (χ0) is 15.5. The van der Waals surface area contributed by atoms with E-state index in [0.29, 0.717) is 35.1 Å². The van der Waals surface area contributed by atoms with Gasteiger partial charge < -0.3 is 5.73 Å². The number of halogens is 4. The number of benzene rings is 1. The van der Waals surface area contributed by atoms with Crippen molar-refractivity contribution in [1.82, 2.24) is 20.2 Å². The lowest BCUT2D eigenvalue weighted by molar-refractivity contribution is -0.135. The molecule has 5 nitrogen and oxygen atoms in total. The van der Waals surface area contributed by atoms with Gasteiger partial charge in [0.05, 0.1) is 0 Å². The number of nitrogen functional groups attached to an aromatic ring is 1. The molecule has 9 heteroatoms. The summed E-state index contributed by atoms with van der Waals surface area (Å²) in [5, 5.41) is 11.6. The molecule has 0 amide bonds. The number of aryl methyl sites for hydroxylation is 1. The number of aromatic nitrogens is 4. The summed E-state index contributed by atoms with van der Waals surface area (Å²) in [5.74, 6) is 0.427. The predicted molar refractivity (Wildman–Crippen MR) is 72.6 cm³/mol. The van der Waals surface area contributed by atoms with Crippen molar-refractivity contribution in [3.63, 3.8) is 0 Å². The second-order valence-corrected chi connectivity index (χ2v) is 5.01. The molecule has 2 N–H and O–H groups in total. The van der Waals surface area contributed by atoms with Crippen molar-refractivity contribution >= 4 is 17.3 Å². The second-order valence-electron chi connectivity index (χ2n) is 4.57. The zero-order valence-electron chi connectivity index (χ0n) is 10.9. The van der Waals surface area contributed by atoms with E-state index in [1.54, 1.807) is 18.2 Å². The Kier molecular flexibility index (Phi) is 4.66. The Labute approximate surface area is 123 Å². The Balaban J connectivity index is 2.05. The minimum atomic E-state index is -4.13. The maximum atomic E-state index is 12.1. The zero-order valence-corrected chi connectivity index (χ0v) is 11.7. The van der Waals surface area contributed by atoms with Crippen LogP contribution in [-0.4, -0.2) is 26.4 Å². The third-order valence-electron chi connectivity index (χ3n) is 2.79. The van der Waals surface area contributed by atoms with Gasteiger partial charge in [0, 0.05) is 29.2 Å². The van der Waals surface area contributed by atoms with Crippen molar-refractivity contribution in [3.05, 3.63) is 23.2 Å². The predicted octanol–water partition coefficient (Wildman–Crippen LogP) is 3.31. The van der Waals surface area contributed by atoms with Gasteiger partial charge in [0.15, 0.2) is 5.82 Å². The molecule has 1 aromatic heterocycles. The molecular formula is C12H13ClF3N5. The van der Waals surface area contributed by atoms with Crippen molar-refractivity contribution in [1.29, 1.82) is 0 Å². The van der Waals surface area contributed by atoms with Gasteiger partial charge in [0.1, 0.15) is 0 Å². The molecule has 0 saturated carbocycles. The first-order chi connectivity index (χ1) is 9.85. The highest BCUT2D eigenvalue weighted by atomic mass is 35.5. The first-order valence-electron chi connectivity index (χ1n) is 6.24. The Bertz CT molecular complexity index is 591. The number of tetrazole rings is 1. The van der Waals surface area contributed by atoms with E-state index in [4.69, 9.17) is 17.3 Å². The van der Waals surface area contributed by atoms with Gasteiger partial charge in [-0.05, 0) is 41.5 Å². The molecule has 0 saturated heterocycles. The molecule has 0 spiro atoms. The number of unbranched alkanes of at least 4 members (excludes halogenated alkanes) is 1. The number of anilines is 1. The van der Waals surface area contributed by atoms with Gasteiger partial charge in [-0.3, -0.25) is 0 Å². The average molecular weight is 320 g/mol. The first-order valence-corrected chi connectivity index (χ1v) is 6.62. The SMILES string of the molecule is Nc1cc(Cl)cc(-c2nnnn2CCCCC(F)(F)F)c1. The van der Waals surface area contributed by atoms with Crippen LogP contribution in [0.25, 0.3) is 11.4 Å². The topological polar surface area (TPSA) is 69.6 Å². The highest BCUT2D eigenvalue weighted by molar-refractivity contribution is 6.31. The van der Waals surface area contributed by atoms with Crippen LogP contribution in [0.1, 0.15) is 19.3 Å². The van der Waals surface area contributed by atoms with Crippen LogP contribution in [0.2, 0.25) is 5.02 Å². The molecular weight excluding hydrogens is 307 g/mol. The van der Waals surface area contributed by atoms with Crippen LogP contribution in [-0.2, 0) is 6.54 Å². The molecule has 0 aliphatic carbocycles. The van der Waals surface area contributed by atoms with Crippen LogP contribution in [0.5, 0.6) is 0 Å². The third kappa shape index (κ3) is 4.59. The Morgan fingerprint density at radius 2 is 1.95 bits per heavy atom. The third-order valence-corrected chi connectivity index (χ3v) is 3.01. The Morgan fingerprint density at radius 3 is 2.62 bits per heavy atom. The molecule has 0 fully saturated rings. The molecule has 0 atom stereocenters. The summed E-state index contributed by atoms with van der Waals surface area (Å²) < 4.78 is 37.7. The molecule has 21 heavy (non-hydrogen) atoms. The van der Waals surface area contributed by atoms with Gasteiger partial charge >= 0.3 is 6.18 Å². The Hall–Kier alpha value is -1.83. The lowest BCUT2D eigenvalue weighted by atomic mass is 10.2. The van der Waals surface area contributed by atoms with Crippen LogP contribution >= 0.6 is 11.6 Å². The van der Waals surface area contributed by atoms with E-state index in [1.165, 1.54) is 4.68 Å². The lowest BCUT2D eigenvalue weighted by Crippen LogP contribution is -2.08. The van der Waals surface area contributed by atoms with Crippen molar-refractivity contribution in [2.24, 2.45) is 0 Å². The van der Waals surface area contributed by atoms with Crippen molar-refractivity contribution < 1.29 is 13.2 Å². The van der Waals surface area contributed by atoms with E-state index in [2.05, 4.69) is 15.5 Å². The van der Waals surface area contributed by atoms with E-state index >= 15 is 0 Å². The van der Waals surface area contributed by atoms with Gasteiger partial charge in [0.25, 0.3) is 0 Å². The van der Waals surface area contributed by atoms with Gasteiger partial charge in [-0.1, -0.05) is 11.6 Å². The maximum absolute atomic E-state index is 12.1. The fourth-order valence-electron chi connectivity index (χ4n) is 1.89.